The van der Waals surface area contributed by atoms with Crippen LogP contribution in [-0.2, 0) is 14.9 Å². The van der Waals surface area contributed by atoms with Gasteiger partial charge in [-0.1, -0.05) is 30.3 Å². The Kier molecular flexibility index (Phi) is 4.03. The Labute approximate surface area is 119 Å². The average molecular weight is 274 g/mol. The Hall–Kier alpha value is -1.39. The zero-order valence-corrected chi connectivity index (χ0v) is 11.7. The number of rotatable bonds is 3. The fourth-order valence-electron chi connectivity index (χ4n) is 3.23. The molecule has 1 aromatic rings. The third-order valence-electron chi connectivity index (χ3n) is 4.50. The monoisotopic (exact) mass is 274 g/mol. The van der Waals surface area contributed by atoms with Gasteiger partial charge in [0.1, 0.15) is 0 Å². The van der Waals surface area contributed by atoms with Crippen LogP contribution in [0.1, 0.15) is 24.8 Å². The Morgan fingerprint density at radius 3 is 2.65 bits per heavy atom. The highest BCUT2D eigenvalue weighted by Crippen LogP contribution is 2.35. The topological polar surface area (TPSA) is 50.4 Å². The second kappa shape index (κ2) is 5.94. The van der Waals surface area contributed by atoms with Crippen LogP contribution in [0.4, 0.5) is 0 Å². The standard InChI is InChI=1S/C16H22N2O2/c19-15(18-14-6-9-17-12-14)16(7-10-20-11-8-16)13-4-2-1-3-5-13/h1-5,14,17H,6-12H2,(H,18,19). The van der Waals surface area contributed by atoms with Gasteiger partial charge in [0, 0.05) is 25.8 Å². The number of hydrogen-bond donors (Lipinski definition) is 2. The summed E-state index contributed by atoms with van der Waals surface area (Å²) in [6.07, 6.45) is 2.55. The largest absolute Gasteiger partial charge is 0.381 e. The molecule has 2 fully saturated rings. The number of ether oxygens (including phenoxy) is 1. The van der Waals surface area contributed by atoms with E-state index in [1.807, 2.05) is 18.2 Å². The van der Waals surface area contributed by atoms with Crippen molar-refractivity contribution in [2.45, 2.75) is 30.7 Å². The lowest BCUT2D eigenvalue weighted by molar-refractivity contribution is -0.131. The number of carbonyl (C=O) groups is 1. The van der Waals surface area contributed by atoms with Crippen molar-refractivity contribution in [3.63, 3.8) is 0 Å². The molecule has 4 nitrogen and oxygen atoms in total. The quantitative estimate of drug-likeness (QED) is 0.871. The van der Waals surface area contributed by atoms with Gasteiger partial charge in [0.2, 0.25) is 5.91 Å². The van der Waals surface area contributed by atoms with E-state index in [1.165, 1.54) is 0 Å². The number of amides is 1. The maximum atomic E-state index is 12.9. The van der Waals surface area contributed by atoms with Crippen molar-refractivity contribution in [3.05, 3.63) is 35.9 Å². The molecule has 20 heavy (non-hydrogen) atoms. The minimum Gasteiger partial charge on any atom is -0.381 e. The van der Waals surface area contributed by atoms with Crippen molar-refractivity contribution in [1.29, 1.82) is 0 Å². The molecule has 2 aliphatic heterocycles. The van der Waals surface area contributed by atoms with Gasteiger partial charge in [-0.05, 0) is 31.4 Å². The summed E-state index contributed by atoms with van der Waals surface area (Å²) in [5.74, 6) is 0.167. The maximum absolute atomic E-state index is 12.9. The highest BCUT2D eigenvalue weighted by Gasteiger charge is 2.42. The van der Waals surface area contributed by atoms with E-state index in [0.717, 1.165) is 37.9 Å². The molecular weight excluding hydrogens is 252 g/mol. The number of benzene rings is 1. The summed E-state index contributed by atoms with van der Waals surface area (Å²) >= 11 is 0. The van der Waals surface area contributed by atoms with E-state index < -0.39 is 5.41 Å². The van der Waals surface area contributed by atoms with E-state index in [-0.39, 0.29) is 11.9 Å². The first-order valence-corrected chi connectivity index (χ1v) is 7.46. The molecule has 2 N–H and O–H groups in total. The molecule has 3 rings (SSSR count). The third-order valence-corrected chi connectivity index (χ3v) is 4.50. The Balaban J connectivity index is 1.83. The van der Waals surface area contributed by atoms with Crippen LogP contribution >= 0.6 is 0 Å². The predicted molar refractivity (Wildman–Crippen MR) is 77.6 cm³/mol. The van der Waals surface area contributed by atoms with Crippen LogP contribution in [0.15, 0.2) is 30.3 Å². The van der Waals surface area contributed by atoms with Crippen LogP contribution < -0.4 is 10.6 Å². The van der Waals surface area contributed by atoms with Gasteiger partial charge < -0.3 is 15.4 Å². The van der Waals surface area contributed by atoms with Gasteiger partial charge in [0.25, 0.3) is 0 Å². The molecule has 0 aromatic heterocycles. The van der Waals surface area contributed by atoms with Crippen LogP contribution in [0.2, 0.25) is 0 Å². The van der Waals surface area contributed by atoms with Gasteiger partial charge in [-0.15, -0.1) is 0 Å². The van der Waals surface area contributed by atoms with Crippen molar-refractivity contribution >= 4 is 5.91 Å². The fourth-order valence-corrected chi connectivity index (χ4v) is 3.23. The molecule has 2 aliphatic rings. The first-order valence-electron chi connectivity index (χ1n) is 7.46. The van der Waals surface area contributed by atoms with Gasteiger partial charge in [-0.2, -0.15) is 0 Å². The van der Waals surface area contributed by atoms with Crippen LogP contribution in [0, 0.1) is 0 Å². The summed E-state index contributed by atoms with van der Waals surface area (Å²) in [4.78, 5) is 12.9. The molecule has 1 amide bonds. The van der Waals surface area contributed by atoms with Gasteiger partial charge >= 0.3 is 0 Å². The van der Waals surface area contributed by atoms with Crippen LogP contribution in [-0.4, -0.2) is 38.3 Å². The van der Waals surface area contributed by atoms with E-state index >= 15 is 0 Å². The first kappa shape index (κ1) is 13.6. The van der Waals surface area contributed by atoms with Gasteiger partial charge in [0.05, 0.1) is 5.41 Å². The lowest BCUT2D eigenvalue weighted by Crippen LogP contribution is -2.51. The zero-order chi connectivity index (χ0) is 13.8. The Morgan fingerprint density at radius 2 is 2.00 bits per heavy atom. The molecule has 0 spiro atoms. The second-order valence-electron chi connectivity index (χ2n) is 5.72. The second-order valence-corrected chi connectivity index (χ2v) is 5.72. The Morgan fingerprint density at radius 1 is 1.25 bits per heavy atom. The highest BCUT2D eigenvalue weighted by molar-refractivity contribution is 5.88. The van der Waals surface area contributed by atoms with Crippen LogP contribution in [0.25, 0.3) is 0 Å². The summed E-state index contributed by atoms with van der Waals surface area (Å²) in [7, 11) is 0. The van der Waals surface area contributed by atoms with Crippen LogP contribution in [0.3, 0.4) is 0 Å². The van der Waals surface area contributed by atoms with Crippen molar-refractivity contribution in [3.8, 4) is 0 Å². The number of nitrogens with one attached hydrogen (secondary N) is 2. The molecule has 0 aliphatic carbocycles. The molecule has 2 saturated heterocycles. The van der Waals surface area contributed by atoms with Crippen molar-refractivity contribution < 1.29 is 9.53 Å². The van der Waals surface area contributed by atoms with E-state index in [0.29, 0.717) is 13.2 Å². The number of carbonyl (C=O) groups excluding carboxylic acids is 1. The number of hydrogen-bond acceptors (Lipinski definition) is 3. The van der Waals surface area contributed by atoms with Crippen LogP contribution in [0.5, 0.6) is 0 Å². The summed E-state index contributed by atoms with van der Waals surface area (Å²) in [5.41, 5.74) is 0.703. The fraction of sp³-hybridized carbons (Fsp3) is 0.562. The Bertz CT molecular complexity index is 449. The van der Waals surface area contributed by atoms with Crippen molar-refractivity contribution in [2.24, 2.45) is 0 Å². The normalized spacial score (nSPS) is 25.3. The predicted octanol–water partition coefficient (Wildman–Crippen LogP) is 1.21. The van der Waals surface area contributed by atoms with E-state index in [1.54, 1.807) is 0 Å². The average Bonchev–Trinajstić information content (AvgIpc) is 3.02. The summed E-state index contributed by atoms with van der Waals surface area (Å²) in [6, 6.07) is 10.4. The molecule has 108 valence electrons. The SMILES string of the molecule is O=C(NC1CCNC1)C1(c2ccccc2)CCOCC1. The van der Waals surface area contributed by atoms with E-state index in [4.69, 9.17) is 4.74 Å². The third kappa shape index (κ3) is 2.58. The van der Waals surface area contributed by atoms with Crippen molar-refractivity contribution in [1.82, 2.24) is 10.6 Å². The lowest BCUT2D eigenvalue weighted by atomic mass is 9.73. The minimum atomic E-state index is -0.415. The molecule has 0 bridgehead atoms. The molecular formula is C16H22N2O2. The lowest BCUT2D eigenvalue weighted by Gasteiger charge is -2.37. The molecule has 0 radical (unpaired) electrons. The molecule has 1 aromatic carbocycles. The summed E-state index contributed by atoms with van der Waals surface area (Å²) in [5, 5.41) is 6.52. The van der Waals surface area contributed by atoms with E-state index in [2.05, 4.69) is 22.8 Å². The van der Waals surface area contributed by atoms with E-state index in [9.17, 15) is 4.79 Å². The summed E-state index contributed by atoms with van der Waals surface area (Å²) in [6.45, 7) is 3.19. The molecule has 4 heteroatoms. The van der Waals surface area contributed by atoms with Gasteiger partial charge in [0.15, 0.2) is 0 Å². The minimum absolute atomic E-state index is 0.167. The van der Waals surface area contributed by atoms with Crippen molar-refractivity contribution in [2.75, 3.05) is 26.3 Å². The van der Waals surface area contributed by atoms with Gasteiger partial charge in [-0.3, -0.25) is 4.79 Å². The molecule has 1 unspecified atom stereocenters. The molecule has 1 atom stereocenters. The first-order chi connectivity index (χ1) is 9.81. The van der Waals surface area contributed by atoms with Gasteiger partial charge in [-0.25, -0.2) is 0 Å². The summed E-state index contributed by atoms with van der Waals surface area (Å²) < 4.78 is 5.47. The molecule has 2 heterocycles. The zero-order valence-electron chi connectivity index (χ0n) is 11.7. The highest BCUT2D eigenvalue weighted by atomic mass is 16.5. The smallest absolute Gasteiger partial charge is 0.231 e. The maximum Gasteiger partial charge on any atom is 0.231 e. The molecule has 0 saturated carbocycles.